The van der Waals surface area contributed by atoms with E-state index in [1.54, 1.807) is 6.20 Å². The number of fused-ring (bicyclic) bond motifs is 1. The third kappa shape index (κ3) is 4.01. The fourth-order valence-corrected chi connectivity index (χ4v) is 3.28. The average molecular weight is 401 g/mol. The lowest BCUT2D eigenvalue weighted by Gasteiger charge is -2.12. The third-order valence-corrected chi connectivity index (χ3v) is 4.78. The molecule has 4 rings (SSSR count). The van der Waals surface area contributed by atoms with Crippen LogP contribution in [-0.2, 0) is 0 Å². The van der Waals surface area contributed by atoms with Gasteiger partial charge in [-0.15, -0.1) is 0 Å². The maximum atomic E-state index is 12.7. The molecule has 7 heteroatoms. The second-order valence-electron chi connectivity index (χ2n) is 7.14. The zero-order valence-corrected chi connectivity index (χ0v) is 16.9. The van der Waals surface area contributed by atoms with Crippen molar-refractivity contribution in [1.82, 2.24) is 14.4 Å². The second-order valence-corrected chi connectivity index (χ2v) is 7.14. The molecule has 1 aromatic carbocycles. The topological polar surface area (TPSA) is 91.6 Å². The first kappa shape index (κ1) is 19.6. The quantitative estimate of drug-likeness (QED) is 0.459. The summed E-state index contributed by atoms with van der Waals surface area (Å²) in [5, 5.41) is 15.0. The van der Waals surface area contributed by atoms with E-state index in [1.807, 2.05) is 73.1 Å². The van der Waals surface area contributed by atoms with E-state index in [9.17, 15) is 4.79 Å². The standard InChI is InChI=1S/C23H23N5O2/c1-15-12-19(24-9-11-29)21(25-13-15)23(30)26-18-7-5-17(6-8-18)20-14-28-10-3-4-16(2)22(28)27-20/h3-8,10,12-14,24,29H,9,11H2,1-2H3,(H,26,30). The molecule has 0 unspecified atom stereocenters. The number of carbonyl (C=O) groups excluding carboxylic acids is 1. The van der Waals surface area contributed by atoms with E-state index in [-0.39, 0.29) is 18.2 Å². The molecule has 0 fully saturated rings. The molecule has 7 nitrogen and oxygen atoms in total. The zero-order chi connectivity index (χ0) is 21.1. The molecule has 4 aromatic rings. The summed E-state index contributed by atoms with van der Waals surface area (Å²) < 4.78 is 2.00. The summed E-state index contributed by atoms with van der Waals surface area (Å²) in [5.74, 6) is -0.313. The molecule has 0 aliphatic rings. The Morgan fingerprint density at radius 1 is 1.17 bits per heavy atom. The van der Waals surface area contributed by atoms with Crippen molar-refractivity contribution >= 4 is 22.9 Å². The number of nitrogens with one attached hydrogen (secondary N) is 2. The minimum Gasteiger partial charge on any atom is -0.395 e. The first-order chi connectivity index (χ1) is 14.5. The Kier molecular flexibility index (Phi) is 5.45. The van der Waals surface area contributed by atoms with Crippen LogP contribution in [0.15, 0.2) is 61.1 Å². The van der Waals surface area contributed by atoms with Crippen molar-refractivity contribution < 1.29 is 9.90 Å². The van der Waals surface area contributed by atoms with Gasteiger partial charge in [0, 0.05) is 36.4 Å². The predicted molar refractivity (Wildman–Crippen MR) is 118 cm³/mol. The Morgan fingerprint density at radius 3 is 2.70 bits per heavy atom. The SMILES string of the molecule is Cc1cnc(C(=O)Nc2ccc(-c3cn4cccc(C)c4n3)cc2)c(NCCO)c1. The number of hydrogen-bond donors (Lipinski definition) is 3. The van der Waals surface area contributed by atoms with Gasteiger partial charge >= 0.3 is 0 Å². The normalized spacial score (nSPS) is 10.9. The summed E-state index contributed by atoms with van der Waals surface area (Å²) in [6.45, 7) is 4.25. The van der Waals surface area contributed by atoms with Crippen LogP contribution in [0, 0.1) is 13.8 Å². The Morgan fingerprint density at radius 2 is 1.97 bits per heavy atom. The monoisotopic (exact) mass is 401 g/mol. The molecular weight excluding hydrogens is 378 g/mol. The third-order valence-electron chi connectivity index (χ3n) is 4.78. The Balaban J connectivity index is 1.53. The van der Waals surface area contributed by atoms with Crippen molar-refractivity contribution in [2.24, 2.45) is 0 Å². The number of aryl methyl sites for hydroxylation is 2. The van der Waals surface area contributed by atoms with Gasteiger partial charge < -0.3 is 20.1 Å². The smallest absolute Gasteiger partial charge is 0.276 e. The van der Waals surface area contributed by atoms with Crippen molar-refractivity contribution in [1.29, 1.82) is 0 Å². The molecule has 0 atom stereocenters. The van der Waals surface area contributed by atoms with E-state index >= 15 is 0 Å². The maximum Gasteiger partial charge on any atom is 0.276 e. The van der Waals surface area contributed by atoms with Crippen LogP contribution < -0.4 is 10.6 Å². The highest BCUT2D eigenvalue weighted by Crippen LogP contribution is 2.23. The van der Waals surface area contributed by atoms with Gasteiger partial charge in [0.05, 0.1) is 18.0 Å². The highest BCUT2D eigenvalue weighted by molar-refractivity contribution is 6.06. The number of rotatable bonds is 6. The van der Waals surface area contributed by atoms with Crippen LogP contribution in [-0.4, -0.2) is 38.5 Å². The van der Waals surface area contributed by atoms with Gasteiger partial charge in [0.25, 0.3) is 5.91 Å². The number of hydrogen-bond acceptors (Lipinski definition) is 5. The van der Waals surface area contributed by atoms with Crippen molar-refractivity contribution in [2.45, 2.75) is 13.8 Å². The van der Waals surface area contributed by atoms with Gasteiger partial charge in [0.2, 0.25) is 0 Å². The van der Waals surface area contributed by atoms with Crippen LogP contribution in [0.3, 0.4) is 0 Å². The molecule has 0 radical (unpaired) electrons. The van der Waals surface area contributed by atoms with E-state index < -0.39 is 0 Å². The molecule has 0 aliphatic carbocycles. The molecular formula is C23H23N5O2. The molecule has 3 aromatic heterocycles. The number of amides is 1. The summed E-state index contributed by atoms with van der Waals surface area (Å²) in [5.41, 5.74) is 6.36. The van der Waals surface area contributed by atoms with Crippen LogP contribution in [0.2, 0.25) is 0 Å². The lowest BCUT2D eigenvalue weighted by Crippen LogP contribution is -2.18. The Labute approximate surface area is 174 Å². The van der Waals surface area contributed by atoms with Crippen LogP contribution in [0.4, 0.5) is 11.4 Å². The minimum atomic E-state index is -0.313. The zero-order valence-electron chi connectivity index (χ0n) is 16.9. The number of pyridine rings is 2. The van der Waals surface area contributed by atoms with E-state index in [4.69, 9.17) is 10.1 Å². The van der Waals surface area contributed by atoms with E-state index in [0.717, 1.165) is 28.0 Å². The van der Waals surface area contributed by atoms with Gasteiger partial charge in [-0.3, -0.25) is 4.79 Å². The summed E-state index contributed by atoms with van der Waals surface area (Å²) in [6, 6.07) is 13.4. The van der Waals surface area contributed by atoms with Crippen LogP contribution >= 0.6 is 0 Å². The number of aromatic nitrogens is 3. The Bertz CT molecular complexity index is 1200. The Hall–Kier alpha value is -3.71. The minimum absolute atomic E-state index is 0.0287. The van der Waals surface area contributed by atoms with Gasteiger partial charge in [-0.2, -0.15) is 0 Å². The lowest BCUT2D eigenvalue weighted by molar-refractivity contribution is 0.102. The molecule has 0 bridgehead atoms. The molecule has 0 saturated carbocycles. The highest BCUT2D eigenvalue weighted by Gasteiger charge is 2.14. The van der Waals surface area contributed by atoms with Crippen LogP contribution in [0.5, 0.6) is 0 Å². The van der Waals surface area contributed by atoms with Gasteiger partial charge in [-0.1, -0.05) is 18.2 Å². The number of aliphatic hydroxyl groups is 1. The van der Waals surface area contributed by atoms with Crippen LogP contribution in [0.25, 0.3) is 16.9 Å². The lowest BCUT2D eigenvalue weighted by atomic mass is 10.1. The second kappa shape index (κ2) is 8.34. The molecule has 0 saturated heterocycles. The fourth-order valence-electron chi connectivity index (χ4n) is 3.28. The number of imidazole rings is 1. The summed E-state index contributed by atoms with van der Waals surface area (Å²) in [6.07, 6.45) is 5.61. The maximum absolute atomic E-state index is 12.7. The van der Waals surface area contributed by atoms with Gasteiger partial charge in [-0.05, 0) is 49.2 Å². The molecule has 0 aliphatic heterocycles. The van der Waals surface area contributed by atoms with E-state index in [2.05, 4.69) is 15.6 Å². The summed E-state index contributed by atoms with van der Waals surface area (Å²) in [4.78, 5) is 21.7. The van der Waals surface area contributed by atoms with Gasteiger partial charge in [0.1, 0.15) is 5.65 Å². The number of benzene rings is 1. The van der Waals surface area contributed by atoms with Crippen molar-refractivity contribution in [3.63, 3.8) is 0 Å². The number of anilines is 2. The van der Waals surface area contributed by atoms with Crippen molar-refractivity contribution in [2.75, 3.05) is 23.8 Å². The average Bonchev–Trinajstić information content (AvgIpc) is 3.18. The summed E-state index contributed by atoms with van der Waals surface area (Å²) >= 11 is 0. The van der Waals surface area contributed by atoms with E-state index in [1.165, 1.54) is 0 Å². The highest BCUT2D eigenvalue weighted by atomic mass is 16.3. The molecule has 1 amide bonds. The molecule has 3 N–H and O–H groups in total. The number of aliphatic hydroxyl groups excluding tert-OH is 1. The first-order valence-electron chi connectivity index (χ1n) is 9.72. The molecule has 0 spiro atoms. The largest absolute Gasteiger partial charge is 0.395 e. The van der Waals surface area contributed by atoms with E-state index in [0.29, 0.717) is 17.9 Å². The van der Waals surface area contributed by atoms with Crippen LogP contribution in [0.1, 0.15) is 21.6 Å². The number of nitrogens with zero attached hydrogens (tertiary/aromatic N) is 3. The number of carbonyl (C=O) groups is 1. The first-order valence-corrected chi connectivity index (χ1v) is 9.72. The molecule has 3 heterocycles. The van der Waals surface area contributed by atoms with Gasteiger partial charge in [-0.25, -0.2) is 9.97 Å². The predicted octanol–water partition coefficient (Wildman–Crippen LogP) is 3.67. The summed E-state index contributed by atoms with van der Waals surface area (Å²) in [7, 11) is 0. The van der Waals surface area contributed by atoms with Crippen molar-refractivity contribution in [3.05, 3.63) is 77.9 Å². The molecule has 30 heavy (non-hydrogen) atoms. The van der Waals surface area contributed by atoms with Crippen molar-refractivity contribution in [3.8, 4) is 11.3 Å². The van der Waals surface area contributed by atoms with Gasteiger partial charge in [0.15, 0.2) is 5.69 Å². The fraction of sp³-hybridized carbons (Fsp3) is 0.174. The molecule has 152 valence electrons.